The second-order valence-corrected chi connectivity index (χ2v) is 3.40. The van der Waals surface area contributed by atoms with Gasteiger partial charge in [0.15, 0.2) is 0 Å². The van der Waals surface area contributed by atoms with Crippen molar-refractivity contribution in [2.24, 2.45) is 5.73 Å². The molecule has 0 spiro atoms. The fraction of sp³-hybridized carbons (Fsp3) is 0.500. The number of hydrogen-bond acceptors (Lipinski definition) is 3. The third-order valence-corrected chi connectivity index (χ3v) is 2.62. The number of primary amides is 1. The van der Waals surface area contributed by atoms with Gasteiger partial charge in [0.05, 0.1) is 5.37 Å². The molecule has 0 fully saturated rings. The molecule has 2 N–H and O–H groups in total. The van der Waals surface area contributed by atoms with Gasteiger partial charge in [-0.05, 0) is 6.92 Å². The highest BCUT2D eigenvalue weighted by Crippen LogP contribution is 2.27. The van der Waals surface area contributed by atoms with E-state index in [1.807, 2.05) is 18.9 Å². The number of amides is 1. The van der Waals surface area contributed by atoms with Crippen molar-refractivity contribution >= 4 is 17.7 Å². The molecule has 1 amide bonds. The number of hydrogen-bond donors (Lipinski definition) is 1. The predicted octanol–water partition coefficient (Wildman–Crippen LogP) is 0.338. The summed E-state index contributed by atoms with van der Waals surface area (Å²) >= 11 is 1.60. The molecule has 0 bridgehead atoms. The molecule has 1 aliphatic heterocycles. The van der Waals surface area contributed by atoms with Gasteiger partial charge in [-0.25, -0.2) is 0 Å². The van der Waals surface area contributed by atoms with E-state index in [2.05, 4.69) is 0 Å². The van der Waals surface area contributed by atoms with Gasteiger partial charge in [-0.3, -0.25) is 4.79 Å². The van der Waals surface area contributed by atoms with Gasteiger partial charge < -0.3 is 10.6 Å². The lowest BCUT2D eigenvalue weighted by Crippen LogP contribution is -2.29. The normalized spacial score (nSPS) is 24.8. The number of rotatable bonds is 1. The molecule has 1 unspecified atom stereocenters. The summed E-state index contributed by atoms with van der Waals surface area (Å²) in [6.45, 7) is 2.02. The first kappa shape index (κ1) is 7.47. The molecule has 56 valence electrons. The molecular formula is C6H10N2OS. The van der Waals surface area contributed by atoms with E-state index in [1.165, 1.54) is 0 Å². The van der Waals surface area contributed by atoms with Crippen molar-refractivity contribution in [2.45, 2.75) is 12.3 Å². The first-order valence-corrected chi connectivity index (χ1v) is 3.95. The number of carbonyl (C=O) groups excluding carboxylic acids is 1. The van der Waals surface area contributed by atoms with Crippen LogP contribution in [0.4, 0.5) is 0 Å². The van der Waals surface area contributed by atoms with E-state index >= 15 is 0 Å². The van der Waals surface area contributed by atoms with Gasteiger partial charge in [-0.1, -0.05) is 0 Å². The lowest BCUT2D eigenvalue weighted by molar-refractivity contribution is -0.115. The Morgan fingerprint density at radius 1 is 1.90 bits per heavy atom. The number of nitrogens with zero attached hydrogens (tertiary/aromatic N) is 1. The van der Waals surface area contributed by atoms with Crippen LogP contribution >= 0.6 is 11.8 Å². The van der Waals surface area contributed by atoms with E-state index in [4.69, 9.17) is 5.73 Å². The molecule has 0 aromatic rings. The summed E-state index contributed by atoms with van der Waals surface area (Å²) in [6.07, 6.45) is 0. The summed E-state index contributed by atoms with van der Waals surface area (Å²) in [6, 6.07) is 0. The third-order valence-electron chi connectivity index (χ3n) is 1.55. The Bertz CT molecular complexity index is 190. The van der Waals surface area contributed by atoms with Crippen LogP contribution in [0.5, 0.6) is 0 Å². The van der Waals surface area contributed by atoms with Gasteiger partial charge in [0.1, 0.15) is 5.70 Å². The Morgan fingerprint density at radius 2 is 2.50 bits per heavy atom. The molecule has 0 saturated heterocycles. The molecule has 1 heterocycles. The maximum absolute atomic E-state index is 10.7. The Balaban J connectivity index is 2.72. The summed E-state index contributed by atoms with van der Waals surface area (Å²) < 4.78 is 0. The van der Waals surface area contributed by atoms with Crippen molar-refractivity contribution < 1.29 is 4.79 Å². The number of carbonyl (C=O) groups is 1. The van der Waals surface area contributed by atoms with E-state index in [-0.39, 0.29) is 5.91 Å². The molecular weight excluding hydrogens is 148 g/mol. The molecule has 0 aliphatic carbocycles. The van der Waals surface area contributed by atoms with Crippen LogP contribution in [0.2, 0.25) is 0 Å². The van der Waals surface area contributed by atoms with E-state index in [1.54, 1.807) is 17.2 Å². The SMILES string of the molecule is CC1SC=C(C(N)=O)N1C. The zero-order valence-electron chi connectivity index (χ0n) is 6.00. The van der Waals surface area contributed by atoms with Crippen molar-refractivity contribution in [3.63, 3.8) is 0 Å². The molecule has 1 rings (SSSR count). The quantitative estimate of drug-likeness (QED) is 0.598. The summed E-state index contributed by atoms with van der Waals surface area (Å²) in [4.78, 5) is 12.5. The molecule has 0 radical (unpaired) electrons. The van der Waals surface area contributed by atoms with Crippen LogP contribution in [0.1, 0.15) is 6.92 Å². The lowest BCUT2D eigenvalue weighted by atomic mass is 10.4. The fourth-order valence-corrected chi connectivity index (χ4v) is 1.67. The minimum absolute atomic E-state index is 0.336. The summed E-state index contributed by atoms with van der Waals surface area (Å²) in [7, 11) is 1.86. The topological polar surface area (TPSA) is 46.3 Å². The monoisotopic (exact) mass is 158 g/mol. The van der Waals surface area contributed by atoms with E-state index < -0.39 is 0 Å². The Morgan fingerprint density at radius 3 is 2.70 bits per heavy atom. The number of nitrogens with two attached hydrogens (primary N) is 1. The zero-order chi connectivity index (χ0) is 7.72. The zero-order valence-corrected chi connectivity index (χ0v) is 6.81. The largest absolute Gasteiger partial charge is 0.364 e. The minimum atomic E-state index is -0.348. The molecule has 0 aromatic carbocycles. The van der Waals surface area contributed by atoms with Crippen LogP contribution < -0.4 is 5.73 Å². The van der Waals surface area contributed by atoms with E-state index in [0.29, 0.717) is 11.1 Å². The van der Waals surface area contributed by atoms with Gasteiger partial charge in [-0.2, -0.15) is 0 Å². The second kappa shape index (κ2) is 2.54. The van der Waals surface area contributed by atoms with Gasteiger partial charge in [0, 0.05) is 12.5 Å². The molecule has 1 aliphatic rings. The predicted molar refractivity (Wildman–Crippen MR) is 42.1 cm³/mol. The summed E-state index contributed by atoms with van der Waals surface area (Å²) in [5, 5.41) is 2.13. The molecule has 1 atom stereocenters. The van der Waals surface area contributed by atoms with Crippen LogP contribution in [0, 0.1) is 0 Å². The number of thioether (sulfide) groups is 1. The number of likely N-dealkylation sites (N-methyl/N-ethyl adjacent to an activating group) is 1. The first-order valence-electron chi connectivity index (χ1n) is 3.01. The van der Waals surface area contributed by atoms with Crippen molar-refractivity contribution in [2.75, 3.05) is 7.05 Å². The smallest absolute Gasteiger partial charge is 0.265 e. The van der Waals surface area contributed by atoms with Gasteiger partial charge in [0.2, 0.25) is 0 Å². The Kier molecular flexibility index (Phi) is 1.89. The fourth-order valence-electron chi connectivity index (χ4n) is 0.765. The standard InChI is InChI=1S/C6H10N2OS/c1-4-8(2)5(3-10-4)6(7)9/h3-4H,1-2H3,(H2,7,9). The highest BCUT2D eigenvalue weighted by atomic mass is 32.2. The van der Waals surface area contributed by atoms with Gasteiger partial charge >= 0.3 is 0 Å². The van der Waals surface area contributed by atoms with Crippen molar-refractivity contribution in [1.82, 2.24) is 4.90 Å². The Labute approximate surface area is 64.3 Å². The molecule has 3 nitrogen and oxygen atoms in total. The third kappa shape index (κ3) is 1.11. The maximum atomic E-state index is 10.7. The molecule has 0 saturated carbocycles. The van der Waals surface area contributed by atoms with Crippen LogP contribution in [-0.2, 0) is 4.79 Å². The summed E-state index contributed by atoms with van der Waals surface area (Å²) in [5.41, 5.74) is 5.70. The van der Waals surface area contributed by atoms with E-state index in [0.717, 1.165) is 0 Å². The van der Waals surface area contributed by atoms with Crippen LogP contribution in [0.15, 0.2) is 11.1 Å². The lowest BCUT2D eigenvalue weighted by Gasteiger charge is -2.18. The Hall–Kier alpha value is -0.640. The van der Waals surface area contributed by atoms with Crippen molar-refractivity contribution in [3.05, 3.63) is 11.1 Å². The van der Waals surface area contributed by atoms with Crippen molar-refractivity contribution in [1.29, 1.82) is 0 Å². The molecule has 0 aromatic heterocycles. The van der Waals surface area contributed by atoms with Crippen LogP contribution in [0.3, 0.4) is 0 Å². The average molecular weight is 158 g/mol. The second-order valence-electron chi connectivity index (χ2n) is 2.21. The molecule has 4 heteroatoms. The van der Waals surface area contributed by atoms with Crippen LogP contribution in [0.25, 0.3) is 0 Å². The average Bonchev–Trinajstić information content (AvgIpc) is 2.14. The minimum Gasteiger partial charge on any atom is -0.364 e. The van der Waals surface area contributed by atoms with Gasteiger partial charge in [-0.15, -0.1) is 11.8 Å². The highest BCUT2D eigenvalue weighted by molar-refractivity contribution is 8.02. The maximum Gasteiger partial charge on any atom is 0.265 e. The van der Waals surface area contributed by atoms with Crippen LogP contribution in [-0.4, -0.2) is 23.2 Å². The van der Waals surface area contributed by atoms with Gasteiger partial charge in [0.25, 0.3) is 5.91 Å². The molecule has 10 heavy (non-hydrogen) atoms. The summed E-state index contributed by atoms with van der Waals surface area (Å²) in [5.74, 6) is -0.348. The van der Waals surface area contributed by atoms with E-state index in [9.17, 15) is 4.79 Å². The first-order chi connectivity index (χ1) is 4.63. The highest BCUT2D eigenvalue weighted by Gasteiger charge is 2.22. The van der Waals surface area contributed by atoms with Crippen molar-refractivity contribution in [3.8, 4) is 0 Å².